The molecule has 0 saturated heterocycles. The van der Waals surface area contributed by atoms with Crippen LogP contribution in [0.15, 0.2) is 6.33 Å². The summed E-state index contributed by atoms with van der Waals surface area (Å²) in [6, 6.07) is 0. The molecule has 0 unspecified atom stereocenters. The lowest BCUT2D eigenvalue weighted by Crippen LogP contribution is -2.35. The second-order valence-electron chi connectivity index (χ2n) is 4.20. The van der Waals surface area contributed by atoms with Crippen molar-refractivity contribution in [3.05, 3.63) is 6.33 Å². The van der Waals surface area contributed by atoms with E-state index in [4.69, 9.17) is 5.73 Å². The molecule has 2 heterocycles. The van der Waals surface area contributed by atoms with E-state index in [0.29, 0.717) is 17.0 Å². The number of aromatic nitrogens is 4. The smallest absolute Gasteiger partial charge is 0.224 e. The van der Waals surface area contributed by atoms with E-state index in [0.717, 1.165) is 0 Å². The fourth-order valence-electron chi connectivity index (χ4n) is 1.30. The fraction of sp³-hybridized carbons (Fsp3) is 0.444. The highest BCUT2D eigenvalue weighted by Crippen LogP contribution is 2.20. The first-order valence-electron chi connectivity index (χ1n) is 4.87. The summed E-state index contributed by atoms with van der Waals surface area (Å²) >= 11 is 0. The number of rotatable bonds is 3. The van der Waals surface area contributed by atoms with Crippen LogP contribution < -0.4 is 11.1 Å². The van der Waals surface area contributed by atoms with Crippen LogP contribution in [0.5, 0.6) is 0 Å². The molecular formula is C9H14N6O. The molecule has 0 bridgehead atoms. The molecule has 0 amide bonds. The van der Waals surface area contributed by atoms with Crippen molar-refractivity contribution in [1.82, 2.24) is 19.9 Å². The van der Waals surface area contributed by atoms with Gasteiger partial charge in [-0.2, -0.15) is 9.97 Å². The Morgan fingerprint density at radius 2 is 2.25 bits per heavy atom. The number of hydrogen-bond acceptors (Lipinski definition) is 6. The SMILES string of the molecule is CC(C)(CO)Nc1nc(N)nc2nc[nH]c12. The molecule has 0 saturated carbocycles. The zero-order valence-corrected chi connectivity index (χ0v) is 9.15. The van der Waals surface area contributed by atoms with Gasteiger partial charge in [-0.1, -0.05) is 0 Å². The topological polar surface area (TPSA) is 113 Å². The van der Waals surface area contributed by atoms with Gasteiger partial charge in [0.2, 0.25) is 5.95 Å². The number of nitrogens with zero attached hydrogens (tertiary/aromatic N) is 3. The molecular weight excluding hydrogens is 208 g/mol. The van der Waals surface area contributed by atoms with Gasteiger partial charge in [-0.15, -0.1) is 0 Å². The highest BCUT2D eigenvalue weighted by atomic mass is 16.3. The summed E-state index contributed by atoms with van der Waals surface area (Å²) in [5.74, 6) is 0.690. The Hall–Kier alpha value is -1.89. The fourth-order valence-corrected chi connectivity index (χ4v) is 1.30. The number of hydrogen-bond donors (Lipinski definition) is 4. The maximum atomic E-state index is 9.18. The summed E-state index contributed by atoms with van der Waals surface area (Å²) in [6.07, 6.45) is 1.52. The summed E-state index contributed by atoms with van der Waals surface area (Å²) in [4.78, 5) is 15.0. The first-order chi connectivity index (χ1) is 7.52. The molecule has 0 aliphatic rings. The van der Waals surface area contributed by atoms with Gasteiger partial charge >= 0.3 is 0 Å². The second-order valence-corrected chi connectivity index (χ2v) is 4.20. The van der Waals surface area contributed by atoms with E-state index in [2.05, 4.69) is 25.3 Å². The monoisotopic (exact) mass is 222 g/mol. The molecule has 0 radical (unpaired) electrons. The van der Waals surface area contributed by atoms with Crippen LogP contribution in [0.25, 0.3) is 11.2 Å². The van der Waals surface area contributed by atoms with Crippen LogP contribution in [0, 0.1) is 0 Å². The highest BCUT2D eigenvalue weighted by molar-refractivity contribution is 5.83. The molecule has 0 spiro atoms. The average molecular weight is 222 g/mol. The van der Waals surface area contributed by atoms with Gasteiger partial charge in [0.25, 0.3) is 0 Å². The Morgan fingerprint density at radius 1 is 1.50 bits per heavy atom. The Bertz CT molecular complexity index is 506. The van der Waals surface area contributed by atoms with Crippen LogP contribution in [-0.4, -0.2) is 37.2 Å². The van der Waals surface area contributed by atoms with Gasteiger partial charge < -0.3 is 21.1 Å². The molecule has 0 fully saturated rings. The number of aliphatic hydroxyl groups excluding tert-OH is 1. The van der Waals surface area contributed by atoms with Crippen LogP contribution >= 0.6 is 0 Å². The molecule has 2 rings (SSSR count). The third-order valence-electron chi connectivity index (χ3n) is 2.16. The number of aromatic amines is 1. The minimum absolute atomic E-state index is 0.0213. The maximum absolute atomic E-state index is 9.18. The predicted octanol–water partition coefficient (Wildman–Crippen LogP) is 0.118. The van der Waals surface area contributed by atoms with Crippen molar-refractivity contribution in [2.24, 2.45) is 0 Å². The molecule has 0 atom stereocenters. The molecule has 2 aromatic rings. The number of aliphatic hydroxyl groups is 1. The number of nitrogens with two attached hydrogens (primary N) is 1. The molecule has 7 heteroatoms. The number of anilines is 2. The zero-order chi connectivity index (χ0) is 11.8. The normalized spacial score (nSPS) is 11.9. The largest absolute Gasteiger partial charge is 0.394 e. The van der Waals surface area contributed by atoms with Crippen LogP contribution in [0.4, 0.5) is 11.8 Å². The van der Waals surface area contributed by atoms with Crippen molar-refractivity contribution in [3.8, 4) is 0 Å². The minimum atomic E-state index is -0.487. The first kappa shape index (κ1) is 10.6. The molecule has 0 aliphatic carbocycles. The number of fused-ring (bicyclic) bond motifs is 1. The molecule has 86 valence electrons. The number of imidazole rings is 1. The van der Waals surface area contributed by atoms with Gasteiger partial charge in [-0.05, 0) is 13.8 Å². The van der Waals surface area contributed by atoms with Gasteiger partial charge in [0.05, 0.1) is 18.5 Å². The van der Waals surface area contributed by atoms with E-state index in [9.17, 15) is 5.11 Å². The van der Waals surface area contributed by atoms with E-state index in [-0.39, 0.29) is 12.6 Å². The Balaban J connectivity index is 2.47. The lowest BCUT2D eigenvalue weighted by Gasteiger charge is -2.24. The van der Waals surface area contributed by atoms with Crippen LogP contribution in [0.3, 0.4) is 0 Å². The van der Waals surface area contributed by atoms with Gasteiger partial charge in [-0.25, -0.2) is 4.98 Å². The summed E-state index contributed by atoms with van der Waals surface area (Å²) in [7, 11) is 0. The Morgan fingerprint density at radius 3 is 2.94 bits per heavy atom. The number of nitrogens with one attached hydrogen (secondary N) is 2. The van der Waals surface area contributed by atoms with Crippen molar-refractivity contribution in [2.75, 3.05) is 17.7 Å². The van der Waals surface area contributed by atoms with Crippen molar-refractivity contribution < 1.29 is 5.11 Å². The summed E-state index contributed by atoms with van der Waals surface area (Å²) < 4.78 is 0. The van der Waals surface area contributed by atoms with E-state index in [1.807, 2.05) is 13.8 Å². The molecule has 0 aliphatic heterocycles. The van der Waals surface area contributed by atoms with Crippen molar-refractivity contribution in [1.29, 1.82) is 0 Å². The van der Waals surface area contributed by atoms with Gasteiger partial charge in [0.15, 0.2) is 11.5 Å². The van der Waals surface area contributed by atoms with E-state index < -0.39 is 5.54 Å². The van der Waals surface area contributed by atoms with Crippen LogP contribution in [0.1, 0.15) is 13.8 Å². The molecule has 0 aromatic carbocycles. The standard InChI is InChI=1S/C9H14N6O/c1-9(2,3-16)15-7-5-6(12-4-11-5)13-8(10)14-7/h4,16H,3H2,1-2H3,(H4,10,11,12,13,14,15). The lowest BCUT2D eigenvalue weighted by molar-refractivity contribution is 0.234. The van der Waals surface area contributed by atoms with Crippen molar-refractivity contribution in [3.63, 3.8) is 0 Å². The maximum Gasteiger partial charge on any atom is 0.224 e. The predicted molar refractivity (Wildman–Crippen MR) is 60.9 cm³/mol. The van der Waals surface area contributed by atoms with Gasteiger partial charge in [0, 0.05) is 0 Å². The second kappa shape index (κ2) is 3.60. The summed E-state index contributed by atoms with van der Waals surface area (Å²) in [6.45, 7) is 3.69. The Labute approximate surface area is 92.1 Å². The van der Waals surface area contributed by atoms with Crippen LogP contribution in [-0.2, 0) is 0 Å². The number of H-pyrrole nitrogens is 1. The molecule has 7 nitrogen and oxygen atoms in total. The third kappa shape index (κ3) is 1.89. The van der Waals surface area contributed by atoms with E-state index in [1.54, 1.807) is 0 Å². The quantitative estimate of drug-likeness (QED) is 0.586. The summed E-state index contributed by atoms with van der Waals surface area (Å²) in [5, 5.41) is 12.3. The first-order valence-corrected chi connectivity index (χ1v) is 4.87. The Kier molecular flexibility index (Phi) is 2.39. The highest BCUT2D eigenvalue weighted by Gasteiger charge is 2.19. The van der Waals surface area contributed by atoms with Crippen molar-refractivity contribution in [2.45, 2.75) is 19.4 Å². The van der Waals surface area contributed by atoms with Crippen LogP contribution in [0.2, 0.25) is 0 Å². The van der Waals surface area contributed by atoms with E-state index in [1.165, 1.54) is 6.33 Å². The minimum Gasteiger partial charge on any atom is -0.394 e. The summed E-state index contributed by atoms with van der Waals surface area (Å²) in [5.41, 5.74) is 6.26. The third-order valence-corrected chi connectivity index (χ3v) is 2.16. The van der Waals surface area contributed by atoms with Gasteiger partial charge in [0.1, 0.15) is 5.52 Å². The lowest BCUT2D eigenvalue weighted by atomic mass is 10.1. The van der Waals surface area contributed by atoms with Crippen molar-refractivity contribution >= 4 is 22.9 Å². The molecule has 5 N–H and O–H groups in total. The van der Waals surface area contributed by atoms with E-state index >= 15 is 0 Å². The molecule has 2 aromatic heterocycles. The molecule has 16 heavy (non-hydrogen) atoms. The zero-order valence-electron chi connectivity index (χ0n) is 9.15. The number of nitrogen functional groups attached to an aromatic ring is 1. The average Bonchev–Trinajstić information content (AvgIpc) is 2.65. The van der Waals surface area contributed by atoms with Gasteiger partial charge in [-0.3, -0.25) is 0 Å².